The van der Waals surface area contributed by atoms with Crippen LogP contribution in [0.3, 0.4) is 0 Å². The molecule has 2 aromatic carbocycles. The van der Waals surface area contributed by atoms with Crippen LogP contribution in [-0.4, -0.2) is 47.9 Å². The van der Waals surface area contributed by atoms with E-state index in [1.807, 2.05) is 35.2 Å². The Bertz CT molecular complexity index is 998. The lowest BCUT2D eigenvalue weighted by Crippen LogP contribution is -2.49. The molecule has 2 aliphatic rings. The van der Waals surface area contributed by atoms with Crippen molar-refractivity contribution in [2.24, 2.45) is 5.92 Å². The van der Waals surface area contributed by atoms with Gasteiger partial charge in [-0.05, 0) is 62.9 Å². The number of carbonyl (C=O) groups is 3. The number of hydrogen-bond donors (Lipinski definition) is 1. The minimum atomic E-state index is -0.377. The highest BCUT2D eigenvalue weighted by atomic mass is 16.5. The number of carbonyl (C=O) groups excluding carboxylic acids is 3. The van der Waals surface area contributed by atoms with Crippen LogP contribution in [0.4, 0.5) is 5.69 Å². The van der Waals surface area contributed by atoms with Crippen molar-refractivity contribution in [3.8, 4) is 5.75 Å². The first-order valence-electron chi connectivity index (χ1n) is 12.1. The molecule has 0 aliphatic carbocycles. The fraction of sp³-hybridized carbons (Fsp3) is 0.444. The zero-order valence-corrected chi connectivity index (χ0v) is 19.9. The van der Waals surface area contributed by atoms with Crippen LogP contribution in [0, 0.1) is 5.92 Å². The first kappa shape index (κ1) is 23.8. The predicted octanol–water partition coefficient (Wildman–Crippen LogP) is 3.52. The first-order valence-corrected chi connectivity index (χ1v) is 12.1. The van der Waals surface area contributed by atoms with E-state index in [4.69, 9.17) is 4.74 Å². The Balaban J connectivity index is 1.29. The molecule has 34 heavy (non-hydrogen) atoms. The largest absolute Gasteiger partial charge is 0.484 e. The van der Waals surface area contributed by atoms with Gasteiger partial charge in [0.1, 0.15) is 5.75 Å². The Labute approximate surface area is 201 Å². The van der Waals surface area contributed by atoms with E-state index in [9.17, 15) is 14.4 Å². The van der Waals surface area contributed by atoms with Crippen LogP contribution < -0.4 is 15.0 Å². The summed E-state index contributed by atoms with van der Waals surface area (Å²) in [6.45, 7) is 4.97. The lowest BCUT2D eigenvalue weighted by Gasteiger charge is -2.38. The molecule has 0 saturated carbocycles. The number of likely N-dealkylation sites (tertiary alicyclic amines) is 1. The summed E-state index contributed by atoms with van der Waals surface area (Å²) >= 11 is 0. The average molecular weight is 464 g/mol. The highest BCUT2D eigenvalue weighted by molar-refractivity contribution is 6.00. The molecule has 3 amide bonds. The summed E-state index contributed by atoms with van der Waals surface area (Å²) in [5, 5.41) is 2.93. The third-order valence-corrected chi connectivity index (χ3v) is 6.80. The van der Waals surface area contributed by atoms with Gasteiger partial charge >= 0.3 is 0 Å². The highest BCUT2D eigenvalue weighted by Gasteiger charge is 2.35. The van der Waals surface area contributed by atoms with Gasteiger partial charge in [-0.1, -0.05) is 30.3 Å². The van der Waals surface area contributed by atoms with Crippen molar-refractivity contribution in [1.82, 2.24) is 10.2 Å². The molecule has 3 atom stereocenters. The molecule has 2 fully saturated rings. The summed E-state index contributed by atoms with van der Waals surface area (Å²) in [6.07, 6.45) is 3.40. The van der Waals surface area contributed by atoms with Crippen molar-refractivity contribution < 1.29 is 19.1 Å². The zero-order chi connectivity index (χ0) is 24.1. The summed E-state index contributed by atoms with van der Waals surface area (Å²) < 4.78 is 5.74. The molecule has 4 rings (SSSR count). The Morgan fingerprint density at radius 3 is 2.35 bits per heavy atom. The number of amides is 3. The highest BCUT2D eigenvalue weighted by Crippen LogP contribution is 2.27. The van der Waals surface area contributed by atoms with Gasteiger partial charge in [-0.3, -0.25) is 14.4 Å². The second kappa shape index (κ2) is 10.7. The summed E-state index contributed by atoms with van der Waals surface area (Å²) in [7, 11) is 0. The number of benzene rings is 2. The third-order valence-electron chi connectivity index (χ3n) is 6.80. The maximum Gasteiger partial charge on any atom is 0.260 e. The summed E-state index contributed by atoms with van der Waals surface area (Å²) in [6, 6.07) is 17.3. The fourth-order valence-electron chi connectivity index (χ4n) is 4.92. The third kappa shape index (κ3) is 5.58. The standard InChI is InChI=1S/C27H33N3O4/c1-19-7-6-8-20(2)30(19)26(32)18-34-24-13-11-23(12-14-24)29-17-22(15-25(29)31)27(33)28-16-21-9-4-3-5-10-21/h3-5,9-14,19-20,22H,6-8,15-18H2,1-2H3,(H,28,33)/t19-,20+,22-/m0/s1. The predicted molar refractivity (Wildman–Crippen MR) is 130 cm³/mol. The monoisotopic (exact) mass is 463 g/mol. The van der Waals surface area contributed by atoms with E-state index in [1.54, 1.807) is 29.2 Å². The van der Waals surface area contributed by atoms with E-state index in [2.05, 4.69) is 19.2 Å². The lowest BCUT2D eigenvalue weighted by atomic mass is 9.97. The van der Waals surface area contributed by atoms with Crippen LogP contribution in [0.15, 0.2) is 54.6 Å². The minimum absolute atomic E-state index is 0.000329. The number of nitrogens with zero attached hydrogens (tertiary/aromatic N) is 2. The molecule has 2 aliphatic heterocycles. The van der Waals surface area contributed by atoms with E-state index in [1.165, 1.54) is 0 Å². The average Bonchev–Trinajstić information content (AvgIpc) is 3.24. The van der Waals surface area contributed by atoms with Gasteiger partial charge in [0.15, 0.2) is 6.61 Å². The molecule has 7 heteroatoms. The van der Waals surface area contributed by atoms with Crippen LogP contribution >= 0.6 is 0 Å². The van der Waals surface area contributed by atoms with Crippen molar-refractivity contribution in [2.45, 2.75) is 58.2 Å². The molecule has 0 radical (unpaired) electrons. The molecule has 1 N–H and O–H groups in total. The van der Waals surface area contributed by atoms with Gasteiger partial charge in [-0.25, -0.2) is 0 Å². The van der Waals surface area contributed by atoms with Gasteiger partial charge in [-0.15, -0.1) is 0 Å². The van der Waals surface area contributed by atoms with Crippen LogP contribution in [0.25, 0.3) is 0 Å². The van der Waals surface area contributed by atoms with E-state index in [-0.39, 0.29) is 48.8 Å². The molecule has 0 unspecified atom stereocenters. The summed E-state index contributed by atoms with van der Waals surface area (Å²) in [5.74, 6) is 0.0236. The minimum Gasteiger partial charge on any atom is -0.484 e. The molecular weight excluding hydrogens is 430 g/mol. The van der Waals surface area contributed by atoms with Crippen molar-refractivity contribution in [1.29, 1.82) is 0 Å². The number of ether oxygens (including phenoxy) is 1. The molecule has 0 bridgehead atoms. The van der Waals surface area contributed by atoms with E-state index < -0.39 is 0 Å². The van der Waals surface area contributed by atoms with Crippen LogP contribution in [0.1, 0.15) is 45.1 Å². The second-order valence-electron chi connectivity index (χ2n) is 9.32. The number of anilines is 1. The van der Waals surface area contributed by atoms with Gasteiger partial charge in [0.25, 0.3) is 5.91 Å². The molecular formula is C27H33N3O4. The second-order valence-corrected chi connectivity index (χ2v) is 9.32. The van der Waals surface area contributed by atoms with Gasteiger partial charge < -0.3 is 19.9 Å². The SMILES string of the molecule is C[C@@H]1CCC[C@H](C)N1C(=O)COc1ccc(N2C[C@@H](C(=O)NCc3ccccc3)CC2=O)cc1. The normalized spacial score (nSPS) is 22.5. The van der Waals surface area contributed by atoms with Gasteiger partial charge in [-0.2, -0.15) is 0 Å². The van der Waals surface area contributed by atoms with Crippen LogP contribution in [0.5, 0.6) is 5.75 Å². The maximum absolute atomic E-state index is 12.7. The van der Waals surface area contributed by atoms with E-state index in [0.29, 0.717) is 18.8 Å². The van der Waals surface area contributed by atoms with E-state index in [0.717, 1.165) is 30.5 Å². The van der Waals surface area contributed by atoms with E-state index >= 15 is 0 Å². The number of hydrogen-bond acceptors (Lipinski definition) is 4. The lowest BCUT2D eigenvalue weighted by molar-refractivity contribution is -0.139. The van der Waals surface area contributed by atoms with Crippen molar-refractivity contribution in [2.75, 3.05) is 18.1 Å². The smallest absolute Gasteiger partial charge is 0.260 e. The topological polar surface area (TPSA) is 79.0 Å². The van der Waals surface area contributed by atoms with Gasteiger partial charge in [0.2, 0.25) is 11.8 Å². The summed E-state index contributed by atoms with van der Waals surface area (Å²) in [5.41, 5.74) is 1.75. The molecule has 0 spiro atoms. The first-order chi connectivity index (χ1) is 16.4. The number of nitrogens with one attached hydrogen (secondary N) is 1. The maximum atomic E-state index is 12.7. The zero-order valence-electron chi connectivity index (χ0n) is 19.9. The number of rotatable bonds is 7. The molecule has 2 aromatic rings. The van der Waals surface area contributed by atoms with Crippen molar-refractivity contribution in [3.63, 3.8) is 0 Å². The molecule has 180 valence electrons. The fourth-order valence-corrected chi connectivity index (χ4v) is 4.92. The van der Waals surface area contributed by atoms with Crippen LogP contribution in [-0.2, 0) is 20.9 Å². The quantitative estimate of drug-likeness (QED) is 0.682. The Morgan fingerprint density at radius 2 is 1.68 bits per heavy atom. The molecule has 0 aromatic heterocycles. The molecule has 7 nitrogen and oxygen atoms in total. The van der Waals surface area contributed by atoms with Gasteiger partial charge in [0.05, 0.1) is 5.92 Å². The van der Waals surface area contributed by atoms with Crippen LogP contribution in [0.2, 0.25) is 0 Å². The Kier molecular flexibility index (Phi) is 7.50. The van der Waals surface area contributed by atoms with Gasteiger partial charge in [0, 0.05) is 37.3 Å². The number of piperidine rings is 1. The molecule has 2 saturated heterocycles. The van der Waals surface area contributed by atoms with Crippen molar-refractivity contribution >= 4 is 23.4 Å². The molecule has 2 heterocycles. The van der Waals surface area contributed by atoms with Crippen molar-refractivity contribution in [3.05, 3.63) is 60.2 Å². The summed E-state index contributed by atoms with van der Waals surface area (Å²) in [4.78, 5) is 41.4. The Hall–Kier alpha value is -3.35. The Morgan fingerprint density at radius 1 is 1.00 bits per heavy atom.